The van der Waals surface area contributed by atoms with Crippen LogP contribution in [0.4, 0.5) is 5.82 Å². The normalized spacial score (nSPS) is 16.7. The van der Waals surface area contributed by atoms with Gasteiger partial charge in [-0.3, -0.25) is 14.5 Å². The summed E-state index contributed by atoms with van der Waals surface area (Å²) < 4.78 is 1.75. The number of rotatable bonds is 2. The number of anilines is 1. The van der Waals surface area contributed by atoms with Crippen LogP contribution in [0.5, 0.6) is 0 Å². The lowest BCUT2D eigenvalue weighted by atomic mass is 9.80. The van der Waals surface area contributed by atoms with Gasteiger partial charge in [0.25, 0.3) is 0 Å². The zero-order valence-electron chi connectivity index (χ0n) is 15.9. The maximum atomic E-state index is 12.3. The van der Waals surface area contributed by atoms with Gasteiger partial charge in [-0.2, -0.15) is 5.10 Å². The molecule has 1 atom stereocenters. The van der Waals surface area contributed by atoms with E-state index in [9.17, 15) is 4.79 Å². The molecule has 1 amide bonds. The van der Waals surface area contributed by atoms with Crippen LogP contribution in [0, 0.1) is 0 Å². The van der Waals surface area contributed by atoms with Crippen molar-refractivity contribution in [2.24, 2.45) is 7.05 Å². The minimum absolute atomic E-state index is 0.0234. The van der Waals surface area contributed by atoms with E-state index >= 15 is 0 Å². The first-order chi connectivity index (χ1) is 12.8. The number of amides is 1. The van der Waals surface area contributed by atoms with E-state index in [1.54, 1.807) is 23.3 Å². The Morgan fingerprint density at radius 1 is 1.15 bits per heavy atom. The van der Waals surface area contributed by atoms with Gasteiger partial charge in [0.1, 0.15) is 11.5 Å². The number of nitrogens with zero attached hydrogens (tertiary/aromatic N) is 5. The molecular weight excluding hydrogens is 340 g/mol. The summed E-state index contributed by atoms with van der Waals surface area (Å²) in [6.07, 6.45) is 5.66. The van der Waals surface area contributed by atoms with E-state index < -0.39 is 0 Å². The van der Waals surface area contributed by atoms with Gasteiger partial charge >= 0.3 is 0 Å². The fourth-order valence-electron chi connectivity index (χ4n) is 3.47. The number of carbonyl (C=O) groups excluding carboxylic acids is 1. The Bertz CT molecular complexity index is 986. The molecule has 3 aromatic heterocycles. The lowest BCUT2D eigenvalue weighted by molar-refractivity contribution is -0.116. The van der Waals surface area contributed by atoms with E-state index in [-0.39, 0.29) is 17.2 Å². The average Bonchev–Trinajstić information content (AvgIpc) is 2.99. The summed E-state index contributed by atoms with van der Waals surface area (Å²) in [4.78, 5) is 25.6. The van der Waals surface area contributed by atoms with Gasteiger partial charge in [0.05, 0.1) is 5.69 Å². The van der Waals surface area contributed by atoms with Crippen molar-refractivity contribution in [1.82, 2.24) is 24.7 Å². The van der Waals surface area contributed by atoms with Crippen LogP contribution in [-0.4, -0.2) is 30.6 Å². The third kappa shape index (κ3) is 3.09. The molecule has 7 nitrogen and oxygen atoms in total. The molecule has 0 spiro atoms. The molecule has 3 aromatic rings. The Balaban J connectivity index is 1.78. The fraction of sp³-hybridized carbons (Fsp3) is 0.350. The Kier molecular flexibility index (Phi) is 4.02. The van der Waals surface area contributed by atoms with E-state index in [0.717, 1.165) is 28.3 Å². The maximum Gasteiger partial charge on any atom is 0.226 e. The van der Waals surface area contributed by atoms with Crippen LogP contribution in [0.15, 0.2) is 36.8 Å². The van der Waals surface area contributed by atoms with E-state index in [0.29, 0.717) is 12.2 Å². The summed E-state index contributed by atoms with van der Waals surface area (Å²) in [5, 5.41) is 7.66. The predicted octanol–water partition coefficient (Wildman–Crippen LogP) is 3.04. The number of aromatic nitrogens is 5. The number of hydrogen-bond acceptors (Lipinski definition) is 5. The average molecular weight is 362 g/mol. The smallest absolute Gasteiger partial charge is 0.226 e. The van der Waals surface area contributed by atoms with E-state index in [1.165, 1.54) is 0 Å². The Hall–Kier alpha value is -3.09. The van der Waals surface area contributed by atoms with Crippen LogP contribution in [0.25, 0.3) is 11.5 Å². The molecule has 0 fully saturated rings. The summed E-state index contributed by atoms with van der Waals surface area (Å²) in [6, 6.07) is 5.64. The lowest BCUT2D eigenvalue weighted by Gasteiger charge is -2.27. The van der Waals surface area contributed by atoms with E-state index in [2.05, 4.69) is 46.1 Å². The van der Waals surface area contributed by atoms with Crippen LogP contribution in [0.2, 0.25) is 0 Å². The molecule has 138 valence electrons. The molecule has 0 bridgehead atoms. The van der Waals surface area contributed by atoms with Crippen LogP contribution in [-0.2, 0) is 17.3 Å². The minimum atomic E-state index is -0.138. The standard InChI is InChI=1S/C20H22N6O/c1-20(2,3)17-16-13(9-15(27)24-19(16)26(4)25-17)12-10-22-18(23-11-12)14-7-5-6-8-21-14/h5-8,10-11,13H,9H2,1-4H3,(H,24,27)/t13-/m1/s1. The van der Waals surface area contributed by atoms with Crippen molar-refractivity contribution in [3.8, 4) is 11.5 Å². The van der Waals surface area contributed by atoms with Crippen LogP contribution in [0.3, 0.4) is 0 Å². The molecule has 7 heteroatoms. The van der Waals surface area contributed by atoms with Gasteiger partial charge in [-0.1, -0.05) is 26.8 Å². The lowest BCUT2D eigenvalue weighted by Crippen LogP contribution is -2.26. The first-order valence-corrected chi connectivity index (χ1v) is 8.95. The van der Waals surface area contributed by atoms with Gasteiger partial charge in [0, 0.05) is 49.0 Å². The Morgan fingerprint density at radius 3 is 2.52 bits per heavy atom. The highest BCUT2D eigenvalue weighted by Crippen LogP contribution is 2.42. The van der Waals surface area contributed by atoms with Gasteiger partial charge in [-0.25, -0.2) is 9.97 Å². The van der Waals surface area contributed by atoms with Gasteiger partial charge in [0.15, 0.2) is 5.82 Å². The van der Waals surface area contributed by atoms with Gasteiger partial charge in [0.2, 0.25) is 5.91 Å². The quantitative estimate of drug-likeness (QED) is 0.757. The molecule has 0 saturated heterocycles. The van der Waals surface area contributed by atoms with Crippen LogP contribution >= 0.6 is 0 Å². The highest BCUT2D eigenvalue weighted by atomic mass is 16.1. The van der Waals surface area contributed by atoms with Gasteiger partial charge in [-0.05, 0) is 17.7 Å². The van der Waals surface area contributed by atoms with Crippen molar-refractivity contribution in [3.05, 3.63) is 53.6 Å². The second-order valence-corrected chi connectivity index (χ2v) is 7.84. The Morgan fingerprint density at radius 2 is 1.89 bits per heavy atom. The molecular formula is C20H22N6O. The highest BCUT2D eigenvalue weighted by molar-refractivity contribution is 5.94. The fourth-order valence-corrected chi connectivity index (χ4v) is 3.47. The molecule has 0 radical (unpaired) electrons. The van der Waals surface area contributed by atoms with Crippen molar-refractivity contribution in [2.75, 3.05) is 5.32 Å². The number of pyridine rings is 1. The van der Waals surface area contributed by atoms with Crippen molar-refractivity contribution < 1.29 is 4.79 Å². The third-order valence-corrected chi connectivity index (χ3v) is 4.76. The monoisotopic (exact) mass is 362 g/mol. The number of nitrogens with one attached hydrogen (secondary N) is 1. The molecule has 1 N–H and O–H groups in total. The minimum Gasteiger partial charge on any atom is -0.311 e. The van der Waals surface area contributed by atoms with Crippen molar-refractivity contribution in [2.45, 2.75) is 38.5 Å². The van der Waals surface area contributed by atoms with E-state index in [1.807, 2.05) is 25.2 Å². The zero-order valence-corrected chi connectivity index (χ0v) is 15.9. The van der Waals surface area contributed by atoms with Crippen molar-refractivity contribution >= 4 is 11.7 Å². The largest absolute Gasteiger partial charge is 0.311 e. The van der Waals surface area contributed by atoms with Crippen LogP contribution in [0.1, 0.15) is 49.9 Å². The van der Waals surface area contributed by atoms with Gasteiger partial charge in [-0.15, -0.1) is 0 Å². The summed E-state index contributed by atoms with van der Waals surface area (Å²) in [5.41, 5.74) is 3.53. The molecule has 0 unspecified atom stereocenters. The zero-order chi connectivity index (χ0) is 19.2. The third-order valence-electron chi connectivity index (χ3n) is 4.76. The maximum absolute atomic E-state index is 12.3. The number of hydrogen-bond donors (Lipinski definition) is 1. The predicted molar refractivity (Wildman–Crippen MR) is 102 cm³/mol. The summed E-state index contributed by atoms with van der Waals surface area (Å²) in [7, 11) is 1.86. The first-order valence-electron chi connectivity index (χ1n) is 8.95. The molecule has 4 rings (SSSR count). The molecule has 0 saturated carbocycles. The second kappa shape index (κ2) is 6.26. The molecule has 4 heterocycles. The molecule has 27 heavy (non-hydrogen) atoms. The topological polar surface area (TPSA) is 85.6 Å². The summed E-state index contributed by atoms with van der Waals surface area (Å²) in [5.74, 6) is 1.19. The second-order valence-electron chi connectivity index (χ2n) is 7.84. The number of aryl methyl sites for hydroxylation is 1. The van der Waals surface area contributed by atoms with Gasteiger partial charge < -0.3 is 5.32 Å². The summed E-state index contributed by atoms with van der Waals surface area (Å²) in [6.45, 7) is 6.39. The Labute approximate surface area is 157 Å². The molecule has 0 aliphatic carbocycles. The first kappa shape index (κ1) is 17.3. The van der Waals surface area contributed by atoms with Crippen LogP contribution < -0.4 is 5.32 Å². The molecule has 1 aliphatic rings. The number of fused-ring (bicyclic) bond motifs is 1. The number of carbonyl (C=O) groups is 1. The summed E-state index contributed by atoms with van der Waals surface area (Å²) >= 11 is 0. The van der Waals surface area contributed by atoms with Crippen molar-refractivity contribution in [3.63, 3.8) is 0 Å². The highest BCUT2D eigenvalue weighted by Gasteiger charge is 2.36. The SMILES string of the molecule is Cn1nc(C(C)(C)C)c2c1NC(=O)C[C@@H]2c1cnc(-c2ccccn2)nc1. The van der Waals surface area contributed by atoms with E-state index in [4.69, 9.17) is 0 Å². The van der Waals surface area contributed by atoms with Crippen molar-refractivity contribution in [1.29, 1.82) is 0 Å². The molecule has 0 aromatic carbocycles. The molecule has 1 aliphatic heterocycles.